The summed E-state index contributed by atoms with van der Waals surface area (Å²) in [5.74, 6) is -2.86. The van der Waals surface area contributed by atoms with Gasteiger partial charge in [0.05, 0.1) is 0 Å². The normalized spacial score (nSPS) is 14.4. The lowest BCUT2D eigenvalue weighted by atomic mass is 9.90. The van der Waals surface area contributed by atoms with Gasteiger partial charge < -0.3 is 10.2 Å². The van der Waals surface area contributed by atoms with Crippen LogP contribution < -0.4 is 0 Å². The largest absolute Gasteiger partial charge is 0.481 e. The van der Waals surface area contributed by atoms with E-state index in [0.29, 0.717) is 5.92 Å². The van der Waals surface area contributed by atoms with Crippen molar-refractivity contribution in [2.75, 3.05) is 0 Å². The first-order chi connectivity index (χ1) is 8.38. The third-order valence-electron chi connectivity index (χ3n) is 3.41. The lowest BCUT2D eigenvalue weighted by molar-refractivity contribution is -0.155. The van der Waals surface area contributed by atoms with Crippen LogP contribution in [-0.4, -0.2) is 22.2 Å². The van der Waals surface area contributed by atoms with E-state index in [9.17, 15) is 9.59 Å². The van der Waals surface area contributed by atoms with Gasteiger partial charge in [-0.1, -0.05) is 52.9 Å². The molecule has 4 nitrogen and oxygen atoms in total. The second-order valence-corrected chi connectivity index (χ2v) is 5.39. The minimum Gasteiger partial charge on any atom is -0.481 e. The number of aliphatic carboxylic acids is 2. The predicted molar refractivity (Wildman–Crippen MR) is 70.5 cm³/mol. The average molecular weight is 258 g/mol. The van der Waals surface area contributed by atoms with Crippen molar-refractivity contribution in [2.45, 2.75) is 59.3 Å². The molecule has 0 saturated carbocycles. The monoisotopic (exact) mass is 258 g/mol. The van der Waals surface area contributed by atoms with Gasteiger partial charge in [-0.2, -0.15) is 0 Å². The van der Waals surface area contributed by atoms with Crippen LogP contribution in [0.1, 0.15) is 59.3 Å². The molecule has 106 valence electrons. The molecule has 2 unspecified atom stereocenters. The molecule has 0 aromatic heterocycles. The van der Waals surface area contributed by atoms with Crippen molar-refractivity contribution in [3.63, 3.8) is 0 Å². The van der Waals surface area contributed by atoms with Crippen LogP contribution in [0.25, 0.3) is 0 Å². The topological polar surface area (TPSA) is 74.6 Å². The van der Waals surface area contributed by atoms with Crippen LogP contribution in [0.4, 0.5) is 0 Å². The smallest absolute Gasteiger partial charge is 0.317 e. The van der Waals surface area contributed by atoms with E-state index < -0.39 is 17.9 Å². The maximum atomic E-state index is 10.8. The fourth-order valence-electron chi connectivity index (χ4n) is 2.28. The maximum absolute atomic E-state index is 10.8. The number of carboxylic acid groups (broad SMARTS) is 2. The van der Waals surface area contributed by atoms with Crippen molar-refractivity contribution in [1.29, 1.82) is 0 Å². The zero-order chi connectivity index (χ0) is 14.1. The van der Waals surface area contributed by atoms with E-state index in [0.717, 1.165) is 19.3 Å². The summed E-state index contributed by atoms with van der Waals surface area (Å²) in [6, 6.07) is 0. The summed E-state index contributed by atoms with van der Waals surface area (Å²) in [4.78, 5) is 21.5. The van der Waals surface area contributed by atoms with E-state index >= 15 is 0 Å². The summed E-state index contributed by atoms with van der Waals surface area (Å²) < 4.78 is 0. The quantitative estimate of drug-likeness (QED) is 0.589. The Morgan fingerprint density at radius 1 is 0.944 bits per heavy atom. The summed E-state index contributed by atoms with van der Waals surface area (Å²) in [7, 11) is 0. The molecule has 18 heavy (non-hydrogen) atoms. The molecule has 0 saturated heterocycles. The van der Waals surface area contributed by atoms with Gasteiger partial charge in [-0.15, -0.1) is 0 Å². The maximum Gasteiger partial charge on any atom is 0.317 e. The van der Waals surface area contributed by atoms with Crippen LogP contribution in [0.5, 0.6) is 0 Å². The van der Waals surface area contributed by atoms with Gasteiger partial charge in [0, 0.05) is 0 Å². The molecule has 0 fully saturated rings. The number of carbonyl (C=O) groups is 2. The first-order valence-electron chi connectivity index (χ1n) is 6.84. The Morgan fingerprint density at radius 3 is 1.89 bits per heavy atom. The molecule has 0 spiro atoms. The fourth-order valence-corrected chi connectivity index (χ4v) is 2.28. The third kappa shape index (κ3) is 7.30. The molecule has 2 atom stereocenters. The van der Waals surface area contributed by atoms with E-state index in [2.05, 4.69) is 13.8 Å². The molecule has 0 aliphatic carbocycles. The lowest BCUT2D eigenvalue weighted by Crippen LogP contribution is -2.25. The summed E-state index contributed by atoms with van der Waals surface area (Å²) in [5.41, 5.74) is 0. The Kier molecular flexibility index (Phi) is 8.42. The molecule has 0 aromatic rings. The van der Waals surface area contributed by atoms with E-state index in [1.54, 1.807) is 0 Å². The Bertz CT molecular complexity index is 249. The summed E-state index contributed by atoms with van der Waals surface area (Å²) in [6.45, 7) is 6.33. The Morgan fingerprint density at radius 2 is 1.44 bits per heavy atom. The molecule has 0 bridgehead atoms. The van der Waals surface area contributed by atoms with Crippen LogP contribution in [0.15, 0.2) is 0 Å². The molecular formula is C14H26O4. The molecule has 0 aliphatic heterocycles. The Hall–Kier alpha value is -1.06. The SMILES string of the molecule is CCCC(C)CCCC(C)CC(C(=O)O)C(=O)O. The first kappa shape index (κ1) is 16.9. The van der Waals surface area contributed by atoms with Crippen LogP contribution >= 0.6 is 0 Å². The lowest BCUT2D eigenvalue weighted by Gasteiger charge is -2.16. The minimum atomic E-state index is -1.26. The van der Waals surface area contributed by atoms with Crippen LogP contribution in [0, 0.1) is 17.8 Å². The van der Waals surface area contributed by atoms with Gasteiger partial charge in [0.15, 0.2) is 5.92 Å². The number of hydrogen-bond acceptors (Lipinski definition) is 2. The highest BCUT2D eigenvalue weighted by Crippen LogP contribution is 2.21. The molecule has 0 aliphatic rings. The zero-order valence-corrected chi connectivity index (χ0v) is 11.7. The van der Waals surface area contributed by atoms with E-state index in [1.165, 1.54) is 12.8 Å². The number of carboxylic acids is 2. The van der Waals surface area contributed by atoms with Crippen molar-refractivity contribution in [2.24, 2.45) is 17.8 Å². The van der Waals surface area contributed by atoms with Gasteiger partial charge in [-0.25, -0.2) is 0 Å². The molecule has 0 amide bonds. The minimum absolute atomic E-state index is 0.149. The van der Waals surface area contributed by atoms with Crippen molar-refractivity contribution in [1.82, 2.24) is 0 Å². The van der Waals surface area contributed by atoms with Gasteiger partial charge in [-0.3, -0.25) is 9.59 Å². The van der Waals surface area contributed by atoms with E-state index in [-0.39, 0.29) is 12.3 Å². The summed E-state index contributed by atoms with van der Waals surface area (Å²) in [5, 5.41) is 17.6. The average Bonchev–Trinajstić information content (AvgIpc) is 2.25. The van der Waals surface area contributed by atoms with Crippen molar-refractivity contribution in [3.8, 4) is 0 Å². The standard InChI is InChI=1S/C14H26O4/c1-4-6-10(2)7-5-8-11(3)9-12(13(15)16)14(17)18/h10-12H,4-9H2,1-3H3,(H,15,16)(H,17,18). The molecule has 0 aromatic carbocycles. The molecule has 4 heteroatoms. The number of rotatable bonds is 10. The second kappa shape index (κ2) is 8.95. The fraction of sp³-hybridized carbons (Fsp3) is 0.857. The molecule has 0 heterocycles. The first-order valence-corrected chi connectivity index (χ1v) is 6.84. The molecular weight excluding hydrogens is 232 g/mol. The predicted octanol–water partition coefficient (Wildman–Crippen LogP) is 3.40. The van der Waals surface area contributed by atoms with Gasteiger partial charge in [-0.05, 0) is 18.3 Å². The highest BCUT2D eigenvalue weighted by atomic mass is 16.4. The van der Waals surface area contributed by atoms with Gasteiger partial charge in [0.2, 0.25) is 0 Å². The van der Waals surface area contributed by atoms with Gasteiger partial charge in [0.1, 0.15) is 0 Å². The summed E-state index contributed by atoms with van der Waals surface area (Å²) >= 11 is 0. The highest BCUT2D eigenvalue weighted by Gasteiger charge is 2.27. The second-order valence-electron chi connectivity index (χ2n) is 5.39. The van der Waals surface area contributed by atoms with Crippen molar-refractivity contribution < 1.29 is 19.8 Å². The highest BCUT2D eigenvalue weighted by molar-refractivity contribution is 5.92. The number of hydrogen-bond donors (Lipinski definition) is 2. The van der Waals surface area contributed by atoms with Crippen molar-refractivity contribution >= 4 is 11.9 Å². The molecule has 0 rings (SSSR count). The van der Waals surface area contributed by atoms with E-state index in [1.807, 2.05) is 6.92 Å². The van der Waals surface area contributed by atoms with Crippen LogP contribution in [0.2, 0.25) is 0 Å². The molecule has 0 radical (unpaired) electrons. The van der Waals surface area contributed by atoms with Gasteiger partial charge in [0.25, 0.3) is 0 Å². The van der Waals surface area contributed by atoms with Crippen LogP contribution in [0.3, 0.4) is 0 Å². The van der Waals surface area contributed by atoms with Crippen molar-refractivity contribution in [3.05, 3.63) is 0 Å². The third-order valence-corrected chi connectivity index (χ3v) is 3.41. The van der Waals surface area contributed by atoms with Gasteiger partial charge >= 0.3 is 11.9 Å². The van der Waals surface area contributed by atoms with E-state index in [4.69, 9.17) is 10.2 Å². The summed E-state index contributed by atoms with van der Waals surface area (Å²) in [6.07, 6.45) is 5.74. The van der Waals surface area contributed by atoms with Crippen LogP contribution in [-0.2, 0) is 9.59 Å². The molecule has 2 N–H and O–H groups in total. The Labute approximate surface area is 109 Å². The Balaban J connectivity index is 3.92. The zero-order valence-electron chi connectivity index (χ0n) is 11.7.